The molecule has 0 aliphatic heterocycles. The summed E-state index contributed by atoms with van der Waals surface area (Å²) in [5.74, 6) is 1.64. The van der Waals surface area contributed by atoms with Crippen LogP contribution in [0.15, 0.2) is 48.5 Å². The number of benzene rings is 2. The molecule has 0 spiro atoms. The van der Waals surface area contributed by atoms with Crippen LogP contribution in [-0.4, -0.2) is 23.7 Å². The summed E-state index contributed by atoms with van der Waals surface area (Å²) in [6.45, 7) is 3.38. The van der Waals surface area contributed by atoms with Crippen LogP contribution in [0.5, 0.6) is 11.5 Å². The third kappa shape index (κ3) is 7.38. The van der Waals surface area contributed by atoms with Crippen LogP contribution in [0.25, 0.3) is 0 Å². The molecule has 0 saturated heterocycles. The fourth-order valence-corrected chi connectivity index (χ4v) is 4.09. The van der Waals surface area contributed by atoms with E-state index in [1.165, 1.54) is 38.5 Å². The summed E-state index contributed by atoms with van der Waals surface area (Å²) in [6.07, 6.45) is 8.11. The third-order valence-corrected chi connectivity index (χ3v) is 5.81. The van der Waals surface area contributed by atoms with E-state index in [2.05, 4.69) is 17.6 Å². The second-order valence-corrected chi connectivity index (χ2v) is 8.36. The molecule has 2 aromatic carbocycles. The number of carbonyl (C=O) groups is 1. The van der Waals surface area contributed by atoms with Gasteiger partial charge in [0.15, 0.2) is 6.61 Å². The highest BCUT2D eigenvalue weighted by molar-refractivity contribution is 5.77. The Morgan fingerprint density at radius 3 is 2.57 bits per heavy atom. The molecule has 3 N–H and O–H groups in total. The summed E-state index contributed by atoms with van der Waals surface area (Å²) < 4.78 is 5.80. The predicted molar refractivity (Wildman–Crippen MR) is 119 cm³/mol. The third-order valence-electron chi connectivity index (χ3n) is 5.81. The first-order chi connectivity index (χ1) is 14.6. The van der Waals surface area contributed by atoms with Gasteiger partial charge in [0.1, 0.15) is 11.5 Å². The van der Waals surface area contributed by atoms with Crippen LogP contribution < -0.4 is 15.4 Å². The molecule has 30 heavy (non-hydrogen) atoms. The SMILES string of the molecule is CC(CC1CCCCC1)NCc1ccccc1OCC(=O)NCc1ccc(O)cc1. The second kappa shape index (κ2) is 11.6. The summed E-state index contributed by atoms with van der Waals surface area (Å²) in [6, 6.07) is 15.1. The van der Waals surface area contributed by atoms with Crippen molar-refractivity contribution in [3.05, 3.63) is 59.7 Å². The Bertz CT molecular complexity index is 785. The van der Waals surface area contributed by atoms with E-state index < -0.39 is 0 Å². The average Bonchev–Trinajstić information content (AvgIpc) is 2.77. The van der Waals surface area contributed by atoms with Crippen LogP contribution in [0.1, 0.15) is 56.6 Å². The van der Waals surface area contributed by atoms with Gasteiger partial charge in [0.25, 0.3) is 5.91 Å². The summed E-state index contributed by atoms with van der Waals surface area (Å²) in [4.78, 5) is 12.2. The standard InChI is InChI=1S/C25H34N2O3/c1-19(15-20-7-3-2-4-8-20)26-17-22-9-5-6-10-24(22)30-18-25(29)27-16-21-11-13-23(28)14-12-21/h5-6,9-14,19-20,26,28H,2-4,7-8,15-18H2,1H3,(H,27,29). The lowest BCUT2D eigenvalue weighted by Crippen LogP contribution is -2.30. The lowest BCUT2D eigenvalue weighted by atomic mass is 9.85. The van der Waals surface area contributed by atoms with Gasteiger partial charge in [-0.15, -0.1) is 0 Å². The molecule has 1 saturated carbocycles. The maximum atomic E-state index is 12.2. The van der Waals surface area contributed by atoms with Crippen molar-refractivity contribution >= 4 is 5.91 Å². The molecule has 2 aromatic rings. The number of aromatic hydroxyl groups is 1. The number of phenolic OH excluding ortho intramolecular Hbond substituents is 1. The van der Waals surface area contributed by atoms with Gasteiger partial charge in [0.2, 0.25) is 0 Å². The predicted octanol–water partition coefficient (Wildman–Crippen LogP) is 4.54. The number of carbonyl (C=O) groups excluding carboxylic acids is 1. The molecule has 0 heterocycles. The Morgan fingerprint density at radius 1 is 1.07 bits per heavy atom. The van der Waals surface area contributed by atoms with Gasteiger partial charge < -0.3 is 20.5 Å². The molecule has 1 aliphatic carbocycles. The minimum absolute atomic E-state index is 0.0211. The number of hydrogen-bond acceptors (Lipinski definition) is 4. The molecule has 5 heteroatoms. The van der Waals surface area contributed by atoms with Crippen molar-refractivity contribution < 1.29 is 14.6 Å². The zero-order valence-electron chi connectivity index (χ0n) is 17.9. The van der Waals surface area contributed by atoms with Gasteiger partial charge in [-0.3, -0.25) is 4.79 Å². The van der Waals surface area contributed by atoms with Crippen molar-refractivity contribution in [1.82, 2.24) is 10.6 Å². The smallest absolute Gasteiger partial charge is 0.258 e. The highest BCUT2D eigenvalue weighted by atomic mass is 16.5. The van der Waals surface area contributed by atoms with E-state index in [1.54, 1.807) is 24.3 Å². The fourth-order valence-electron chi connectivity index (χ4n) is 4.09. The number of rotatable bonds is 10. The van der Waals surface area contributed by atoms with Crippen LogP contribution in [-0.2, 0) is 17.9 Å². The van der Waals surface area contributed by atoms with Gasteiger partial charge in [-0.05, 0) is 43.0 Å². The van der Waals surface area contributed by atoms with E-state index in [0.29, 0.717) is 12.6 Å². The van der Waals surface area contributed by atoms with Crippen molar-refractivity contribution in [2.45, 2.75) is 64.6 Å². The van der Waals surface area contributed by atoms with Gasteiger partial charge in [0, 0.05) is 24.7 Å². The van der Waals surface area contributed by atoms with Crippen molar-refractivity contribution in [3.63, 3.8) is 0 Å². The van der Waals surface area contributed by atoms with E-state index in [9.17, 15) is 9.90 Å². The molecule has 1 atom stereocenters. The fraction of sp³-hybridized carbons (Fsp3) is 0.480. The number of ether oxygens (including phenoxy) is 1. The highest BCUT2D eigenvalue weighted by Crippen LogP contribution is 2.27. The van der Waals surface area contributed by atoms with Gasteiger partial charge in [0.05, 0.1) is 0 Å². The zero-order chi connectivity index (χ0) is 21.2. The number of hydrogen-bond donors (Lipinski definition) is 3. The lowest BCUT2D eigenvalue weighted by molar-refractivity contribution is -0.123. The van der Waals surface area contributed by atoms with Crippen LogP contribution >= 0.6 is 0 Å². The largest absolute Gasteiger partial charge is 0.508 e. The molecule has 3 rings (SSSR count). The topological polar surface area (TPSA) is 70.6 Å². The van der Waals surface area contributed by atoms with Crippen molar-refractivity contribution in [2.75, 3.05) is 6.61 Å². The first kappa shape index (κ1) is 22.2. The summed E-state index contributed by atoms with van der Waals surface area (Å²) >= 11 is 0. The van der Waals surface area contributed by atoms with Gasteiger partial charge in [-0.1, -0.05) is 62.4 Å². The van der Waals surface area contributed by atoms with Crippen LogP contribution in [0, 0.1) is 5.92 Å². The molecular formula is C25H34N2O3. The molecule has 1 aliphatic rings. The first-order valence-corrected chi connectivity index (χ1v) is 11.1. The second-order valence-electron chi connectivity index (χ2n) is 8.36. The molecule has 0 radical (unpaired) electrons. The van der Waals surface area contributed by atoms with E-state index >= 15 is 0 Å². The number of nitrogens with one attached hydrogen (secondary N) is 2. The Balaban J connectivity index is 1.42. The maximum absolute atomic E-state index is 12.2. The molecule has 0 aromatic heterocycles. The van der Waals surface area contributed by atoms with Gasteiger partial charge in [-0.2, -0.15) is 0 Å². The summed E-state index contributed by atoms with van der Waals surface area (Å²) in [7, 11) is 0. The van der Waals surface area contributed by atoms with E-state index in [0.717, 1.165) is 29.3 Å². The normalized spacial score (nSPS) is 15.5. The number of para-hydroxylation sites is 1. The zero-order valence-corrected chi connectivity index (χ0v) is 17.9. The molecule has 1 fully saturated rings. The molecule has 0 bridgehead atoms. The van der Waals surface area contributed by atoms with Crippen LogP contribution in [0.3, 0.4) is 0 Å². The van der Waals surface area contributed by atoms with E-state index in [4.69, 9.17) is 4.74 Å². The van der Waals surface area contributed by atoms with E-state index in [-0.39, 0.29) is 18.3 Å². The minimum atomic E-state index is -0.170. The van der Waals surface area contributed by atoms with Crippen LogP contribution in [0.2, 0.25) is 0 Å². The molecular weight excluding hydrogens is 376 g/mol. The summed E-state index contributed by atoms with van der Waals surface area (Å²) in [5, 5.41) is 15.8. The van der Waals surface area contributed by atoms with Crippen LogP contribution in [0.4, 0.5) is 0 Å². The number of phenols is 1. The molecule has 1 amide bonds. The van der Waals surface area contributed by atoms with Crippen molar-refractivity contribution in [2.24, 2.45) is 5.92 Å². The Hall–Kier alpha value is -2.53. The van der Waals surface area contributed by atoms with E-state index in [1.807, 2.05) is 24.3 Å². The average molecular weight is 411 g/mol. The first-order valence-electron chi connectivity index (χ1n) is 11.1. The van der Waals surface area contributed by atoms with Crippen molar-refractivity contribution in [3.8, 4) is 11.5 Å². The lowest BCUT2D eigenvalue weighted by Gasteiger charge is -2.25. The Kier molecular flexibility index (Phi) is 8.57. The van der Waals surface area contributed by atoms with Crippen molar-refractivity contribution in [1.29, 1.82) is 0 Å². The number of amides is 1. The monoisotopic (exact) mass is 410 g/mol. The molecule has 5 nitrogen and oxygen atoms in total. The maximum Gasteiger partial charge on any atom is 0.258 e. The van der Waals surface area contributed by atoms with Gasteiger partial charge in [-0.25, -0.2) is 0 Å². The quantitative estimate of drug-likeness (QED) is 0.538. The van der Waals surface area contributed by atoms with Gasteiger partial charge >= 0.3 is 0 Å². The Morgan fingerprint density at radius 2 is 1.80 bits per heavy atom. The highest BCUT2D eigenvalue weighted by Gasteiger charge is 2.16. The molecule has 162 valence electrons. The minimum Gasteiger partial charge on any atom is -0.508 e. The molecule has 1 unspecified atom stereocenters. The summed E-state index contributed by atoms with van der Waals surface area (Å²) in [5.41, 5.74) is 2.00. The Labute approximate surface area is 179 Å².